The number of hydrogen-bond donors (Lipinski definition) is 0. The molecule has 4 nitrogen and oxygen atoms in total. The molecule has 162 valence electrons. The molecule has 0 saturated carbocycles. The summed E-state index contributed by atoms with van der Waals surface area (Å²) in [7, 11) is 0. The Morgan fingerprint density at radius 1 is 1.03 bits per heavy atom. The lowest BCUT2D eigenvalue weighted by Crippen LogP contribution is -2.10. The number of benzene rings is 3. The highest BCUT2D eigenvalue weighted by Crippen LogP contribution is 2.39. The maximum Gasteiger partial charge on any atom is 0.343 e. The van der Waals surface area contributed by atoms with Gasteiger partial charge in [0.15, 0.2) is 5.76 Å². The molecular formula is C27H23ClO4. The van der Waals surface area contributed by atoms with Gasteiger partial charge in [-0.15, -0.1) is 0 Å². The van der Waals surface area contributed by atoms with Gasteiger partial charge in [-0.2, -0.15) is 0 Å². The van der Waals surface area contributed by atoms with Gasteiger partial charge in [-0.25, -0.2) is 4.79 Å². The summed E-state index contributed by atoms with van der Waals surface area (Å²) in [5.41, 5.74) is 3.51. The van der Waals surface area contributed by atoms with Crippen molar-refractivity contribution in [2.24, 2.45) is 0 Å². The molecule has 32 heavy (non-hydrogen) atoms. The molecule has 0 radical (unpaired) electrons. The number of allylic oxidation sites excluding steroid dienone is 1. The molecule has 0 aromatic heterocycles. The fourth-order valence-corrected chi connectivity index (χ4v) is 3.67. The molecule has 0 aliphatic carbocycles. The van der Waals surface area contributed by atoms with Gasteiger partial charge in [0.25, 0.3) is 0 Å². The van der Waals surface area contributed by atoms with Crippen LogP contribution in [0.15, 0.2) is 66.4 Å². The van der Waals surface area contributed by atoms with E-state index < -0.39 is 5.97 Å². The van der Waals surface area contributed by atoms with Crippen LogP contribution in [0.25, 0.3) is 6.08 Å². The lowest BCUT2D eigenvalue weighted by molar-refractivity contribution is 0.0733. The van der Waals surface area contributed by atoms with E-state index >= 15 is 0 Å². The summed E-state index contributed by atoms with van der Waals surface area (Å²) in [6, 6.07) is 17.8. The molecule has 1 heterocycles. The van der Waals surface area contributed by atoms with Gasteiger partial charge in [0.05, 0.1) is 11.1 Å². The van der Waals surface area contributed by atoms with Gasteiger partial charge in [-0.3, -0.25) is 4.79 Å². The standard InChI is InChI=1S/C27H23ClO4/c1-16-22(32-26(30)18-6-5-7-20(28)15-18)13-12-21-24(29)23(31-25(16)21)14-17-8-10-19(11-9-17)27(2,3)4/h5-15H,1-4H3/b23-14-. The molecule has 3 aromatic carbocycles. The second-order valence-corrected chi connectivity index (χ2v) is 9.21. The number of carbonyl (C=O) groups is 2. The minimum Gasteiger partial charge on any atom is -0.452 e. The van der Waals surface area contributed by atoms with Crippen LogP contribution in [0.3, 0.4) is 0 Å². The van der Waals surface area contributed by atoms with Gasteiger partial charge in [-0.1, -0.05) is 62.7 Å². The Labute approximate surface area is 192 Å². The molecule has 0 fully saturated rings. The van der Waals surface area contributed by atoms with E-state index in [1.165, 1.54) is 5.56 Å². The van der Waals surface area contributed by atoms with Crippen LogP contribution in [0, 0.1) is 6.92 Å². The average molecular weight is 447 g/mol. The Hall–Kier alpha value is -3.37. The van der Waals surface area contributed by atoms with Crippen molar-refractivity contribution in [3.8, 4) is 11.5 Å². The Morgan fingerprint density at radius 2 is 1.75 bits per heavy atom. The van der Waals surface area contributed by atoms with Crippen LogP contribution in [0.2, 0.25) is 5.02 Å². The second kappa shape index (κ2) is 8.29. The molecular weight excluding hydrogens is 424 g/mol. The smallest absolute Gasteiger partial charge is 0.343 e. The number of hydrogen-bond acceptors (Lipinski definition) is 4. The maximum absolute atomic E-state index is 12.9. The van der Waals surface area contributed by atoms with E-state index in [0.717, 1.165) is 5.56 Å². The first kappa shape index (κ1) is 21.8. The quantitative estimate of drug-likeness (QED) is 0.253. The number of ketones is 1. The van der Waals surface area contributed by atoms with Crippen molar-refractivity contribution >= 4 is 29.4 Å². The van der Waals surface area contributed by atoms with Gasteiger partial charge in [-0.05, 0) is 59.9 Å². The molecule has 1 aliphatic heterocycles. The number of rotatable bonds is 3. The van der Waals surface area contributed by atoms with Crippen molar-refractivity contribution in [1.29, 1.82) is 0 Å². The molecule has 0 N–H and O–H groups in total. The zero-order valence-electron chi connectivity index (χ0n) is 18.4. The van der Waals surface area contributed by atoms with Gasteiger partial charge < -0.3 is 9.47 Å². The zero-order chi connectivity index (χ0) is 23.0. The van der Waals surface area contributed by atoms with Crippen LogP contribution < -0.4 is 9.47 Å². The third-order valence-electron chi connectivity index (χ3n) is 5.37. The van der Waals surface area contributed by atoms with Crippen molar-refractivity contribution < 1.29 is 19.1 Å². The Morgan fingerprint density at radius 3 is 2.41 bits per heavy atom. The van der Waals surface area contributed by atoms with E-state index in [-0.39, 0.29) is 17.0 Å². The van der Waals surface area contributed by atoms with Crippen LogP contribution in [0.1, 0.15) is 58.2 Å². The molecule has 5 heteroatoms. The predicted molar refractivity (Wildman–Crippen MR) is 126 cm³/mol. The Bertz CT molecular complexity index is 1250. The number of ether oxygens (including phenoxy) is 2. The predicted octanol–water partition coefficient (Wildman–Crippen LogP) is 6.78. The second-order valence-electron chi connectivity index (χ2n) is 8.78. The highest BCUT2D eigenvalue weighted by atomic mass is 35.5. The normalized spacial score (nSPS) is 14.3. The van der Waals surface area contributed by atoms with Crippen LogP contribution in [0.4, 0.5) is 0 Å². The summed E-state index contributed by atoms with van der Waals surface area (Å²) in [6.45, 7) is 8.22. The van der Waals surface area contributed by atoms with Crippen LogP contribution in [-0.4, -0.2) is 11.8 Å². The van der Waals surface area contributed by atoms with E-state index in [1.807, 2.05) is 12.1 Å². The molecule has 4 rings (SSSR count). The van der Waals surface area contributed by atoms with E-state index in [2.05, 4.69) is 32.9 Å². The molecule has 0 atom stereocenters. The van der Waals surface area contributed by atoms with E-state index in [9.17, 15) is 9.59 Å². The summed E-state index contributed by atoms with van der Waals surface area (Å²) in [5.74, 6) is 0.247. The molecule has 1 aliphatic rings. The molecule has 0 saturated heterocycles. The van der Waals surface area contributed by atoms with Crippen molar-refractivity contribution in [3.63, 3.8) is 0 Å². The lowest BCUT2D eigenvalue weighted by atomic mass is 9.86. The van der Waals surface area contributed by atoms with Gasteiger partial charge >= 0.3 is 5.97 Å². The number of fused-ring (bicyclic) bond motifs is 1. The number of halogens is 1. The van der Waals surface area contributed by atoms with Crippen molar-refractivity contribution in [3.05, 3.63) is 99.3 Å². The summed E-state index contributed by atoms with van der Waals surface area (Å²) in [6.07, 6.45) is 1.73. The maximum atomic E-state index is 12.9. The topological polar surface area (TPSA) is 52.6 Å². The summed E-state index contributed by atoms with van der Waals surface area (Å²) in [5, 5.41) is 0.448. The van der Waals surface area contributed by atoms with Crippen molar-refractivity contribution in [2.45, 2.75) is 33.1 Å². The summed E-state index contributed by atoms with van der Waals surface area (Å²) in [4.78, 5) is 25.3. The zero-order valence-corrected chi connectivity index (χ0v) is 19.1. The van der Waals surface area contributed by atoms with Crippen LogP contribution >= 0.6 is 11.6 Å². The van der Waals surface area contributed by atoms with E-state index in [0.29, 0.717) is 33.2 Å². The first-order chi connectivity index (χ1) is 15.1. The Kier molecular flexibility index (Phi) is 5.66. The van der Waals surface area contributed by atoms with E-state index in [1.54, 1.807) is 49.4 Å². The fraction of sp³-hybridized carbons (Fsp3) is 0.185. The van der Waals surface area contributed by atoms with Crippen molar-refractivity contribution in [2.75, 3.05) is 0 Å². The van der Waals surface area contributed by atoms with Crippen molar-refractivity contribution in [1.82, 2.24) is 0 Å². The number of Topliss-reactive ketones (excluding diaryl/α,β-unsaturated/α-hetero) is 1. The fourth-order valence-electron chi connectivity index (χ4n) is 3.48. The number of esters is 1. The number of carbonyl (C=O) groups excluding carboxylic acids is 2. The van der Waals surface area contributed by atoms with Gasteiger partial charge in [0.1, 0.15) is 11.5 Å². The molecule has 0 spiro atoms. The largest absolute Gasteiger partial charge is 0.452 e. The molecule has 0 unspecified atom stereocenters. The SMILES string of the molecule is Cc1c(OC(=O)c2cccc(Cl)c2)ccc2c1O/C(=C\c1ccc(C(C)(C)C)cc1)C2=O. The first-order valence-corrected chi connectivity index (χ1v) is 10.7. The molecule has 0 bridgehead atoms. The first-order valence-electron chi connectivity index (χ1n) is 10.3. The lowest BCUT2D eigenvalue weighted by Gasteiger charge is -2.18. The minimum atomic E-state index is -0.533. The monoisotopic (exact) mass is 446 g/mol. The Balaban J connectivity index is 1.58. The highest BCUT2D eigenvalue weighted by molar-refractivity contribution is 6.30. The molecule has 0 amide bonds. The summed E-state index contributed by atoms with van der Waals surface area (Å²) < 4.78 is 11.4. The van der Waals surface area contributed by atoms with Crippen LogP contribution in [-0.2, 0) is 5.41 Å². The average Bonchev–Trinajstić information content (AvgIpc) is 3.06. The van der Waals surface area contributed by atoms with Gasteiger partial charge in [0.2, 0.25) is 5.78 Å². The molecule has 3 aromatic rings. The third kappa shape index (κ3) is 4.32. The third-order valence-corrected chi connectivity index (χ3v) is 5.61. The highest BCUT2D eigenvalue weighted by Gasteiger charge is 2.30. The minimum absolute atomic E-state index is 0.0532. The van der Waals surface area contributed by atoms with Crippen LogP contribution in [0.5, 0.6) is 11.5 Å². The van der Waals surface area contributed by atoms with Gasteiger partial charge in [0, 0.05) is 10.6 Å². The summed E-state index contributed by atoms with van der Waals surface area (Å²) >= 11 is 5.96. The van der Waals surface area contributed by atoms with E-state index in [4.69, 9.17) is 21.1 Å².